The summed E-state index contributed by atoms with van der Waals surface area (Å²) in [6.07, 6.45) is 0.843. The molecule has 0 aliphatic rings. The van der Waals surface area contributed by atoms with Crippen molar-refractivity contribution in [1.82, 2.24) is 0 Å². The Morgan fingerprint density at radius 2 is 2.00 bits per heavy atom. The summed E-state index contributed by atoms with van der Waals surface area (Å²) in [5.74, 6) is 6.20. The number of benzene rings is 1. The predicted octanol–water partition coefficient (Wildman–Crippen LogP) is 2.24. The highest BCUT2D eigenvalue weighted by Crippen LogP contribution is 2.13. The van der Waals surface area contributed by atoms with Crippen molar-refractivity contribution in [2.75, 3.05) is 33.5 Å². The molecule has 0 saturated carbocycles. The summed E-state index contributed by atoms with van der Waals surface area (Å²) in [5, 5.41) is 8.67. The monoisotopic (exact) mass is 292 g/mol. The number of aliphatic hydroxyl groups excluding tert-OH is 1. The van der Waals surface area contributed by atoms with Crippen LogP contribution in [0.5, 0.6) is 5.75 Å². The van der Waals surface area contributed by atoms with E-state index in [0.29, 0.717) is 19.8 Å². The molecule has 1 rings (SSSR count). The maximum atomic E-state index is 8.67. The summed E-state index contributed by atoms with van der Waals surface area (Å²) in [6.45, 7) is 5.59. The standard InChI is InChI=1S/C17H24O4/c1-17(2,19-3)9-11-20-12-13-21-16-8-4-6-15(14-16)7-5-10-18/h4,6,8,14,18H,9-13H2,1-3H3. The molecular formula is C17H24O4. The summed E-state index contributed by atoms with van der Waals surface area (Å²) in [6, 6.07) is 7.46. The first kappa shape index (κ1) is 17.5. The fourth-order valence-electron chi connectivity index (χ4n) is 1.55. The lowest BCUT2D eigenvalue weighted by Crippen LogP contribution is -2.24. The van der Waals surface area contributed by atoms with Crippen molar-refractivity contribution in [3.05, 3.63) is 29.8 Å². The van der Waals surface area contributed by atoms with Gasteiger partial charge in [0.1, 0.15) is 19.0 Å². The molecule has 0 saturated heterocycles. The molecule has 1 aromatic carbocycles. The summed E-state index contributed by atoms with van der Waals surface area (Å²) in [4.78, 5) is 0. The zero-order chi connectivity index (χ0) is 15.6. The number of ether oxygens (including phenoxy) is 3. The zero-order valence-electron chi connectivity index (χ0n) is 13.0. The molecule has 0 unspecified atom stereocenters. The van der Waals surface area contributed by atoms with E-state index in [2.05, 4.69) is 11.8 Å². The Balaban J connectivity index is 2.24. The Morgan fingerprint density at radius 3 is 2.71 bits per heavy atom. The highest BCUT2D eigenvalue weighted by molar-refractivity contribution is 5.39. The van der Waals surface area contributed by atoms with Gasteiger partial charge in [-0.3, -0.25) is 0 Å². The number of aliphatic hydroxyl groups is 1. The van der Waals surface area contributed by atoms with E-state index >= 15 is 0 Å². The van der Waals surface area contributed by atoms with Gasteiger partial charge in [0.25, 0.3) is 0 Å². The molecule has 0 aliphatic heterocycles. The third kappa shape index (κ3) is 7.72. The van der Waals surface area contributed by atoms with Crippen LogP contribution in [-0.4, -0.2) is 44.2 Å². The number of hydrogen-bond acceptors (Lipinski definition) is 4. The van der Waals surface area contributed by atoms with Crippen LogP contribution in [0.3, 0.4) is 0 Å². The second-order valence-corrected chi connectivity index (χ2v) is 5.16. The minimum Gasteiger partial charge on any atom is -0.491 e. The zero-order valence-corrected chi connectivity index (χ0v) is 13.0. The molecule has 4 heteroatoms. The largest absolute Gasteiger partial charge is 0.491 e. The quantitative estimate of drug-likeness (QED) is 0.590. The van der Waals surface area contributed by atoms with Crippen molar-refractivity contribution in [2.24, 2.45) is 0 Å². The molecule has 0 radical (unpaired) electrons. The molecule has 0 heterocycles. The van der Waals surface area contributed by atoms with E-state index < -0.39 is 0 Å². The van der Waals surface area contributed by atoms with Crippen LogP contribution in [0.15, 0.2) is 24.3 Å². The Kier molecular flexibility index (Phi) is 7.84. The van der Waals surface area contributed by atoms with Crippen LogP contribution < -0.4 is 4.74 Å². The van der Waals surface area contributed by atoms with Crippen LogP contribution in [0.25, 0.3) is 0 Å². The van der Waals surface area contributed by atoms with E-state index in [1.165, 1.54) is 0 Å². The van der Waals surface area contributed by atoms with Gasteiger partial charge in [-0.2, -0.15) is 0 Å². The van der Waals surface area contributed by atoms with Gasteiger partial charge in [0.2, 0.25) is 0 Å². The number of rotatable bonds is 8. The van der Waals surface area contributed by atoms with Crippen molar-refractivity contribution in [1.29, 1.82) is 0 Å². The smallest absolute Gasteiger partial charge is 0.120 e. The van der Waals surface area contributed by atoms with Gasteiger partial charge < -0.3 is 19.3 Å². The lowest BCUT2D eigenvalue weighted by molar-refractivity contribution is -0.0128. The molecule has 116 valence electrons. The topological polar surface area (TPSA) is 47.9 Å². The lowest BCUT2D eigenvalue weighted by atomic mass is 10.1. The molecule has 0 aliphatic carbocycles. The maximum Gasteiger partial charge on any atom is 0.120 e. The van der Waals surface area contributed by atoms with E-state index in [4.69, 9.17) is 19.3 Å². The molecule has 0 spiro atoms. The Labute approximate surface area is 127 Å². The lowest BCUT2D eigenvalue weighted by Gasteiger charge is -2.22. The van der Waals surface area contributed by atoms with Crippen molar-refractivity contribution in [3.63, 3.8) is 0 Å². The Morgan fingerprint density at radius 1 is 1.19 bits per heavy atom. The number of methoxy groups -OCH3 is 1. The highest BCUT2D eigenvalue weighted by atomic mass is 16.5. The van der Waals surface area contributed by atoms with E-state index in [-0.39, 0.29) is 12.2 Å². The average Bonchev–Trinajstić information content (AvgIpc) is 2.49. The fourth-order valence-corrected chi connectivity index (χ4v) is 1.55. The molecule has 1 N–H and O–H groups in total. The van der Waals surface area contributed by atoms with Crippen LogP contribution in [0.2, 0.25) is 0 Å². The van der Waals surface area contributed by atoms with Crippen molar-refractivity contribution in [3.8, 4) is 17.6 Å². The Bertz CT molecular complexity index is 471. The second-order valence-electron chi connectivity index (χ2n) is 5.16. The van der Waals surface area contributed by atoms with Crippen molar-refractivity contribution >= 4 is 0 Å². The minimum absolute atomic E-state index is 0.142. The van der Waals surface area contributed by atoms with Gasteiger partial charge >= 0.3 is 0 Å². The third-order valence-corrected chi connectivity index (χ3v) is 3.04. The van der Waals surface area contributed by atoms with Gasteiger partial charge in [-0.1, -0.05) is 17.9 Å². The van der Waals surface area contributed by atoms with Crippen molar-refractivity contribution < 1.29 is 19.3 Å². The summed E-state index contributed by atoms with van der Waals surface area (Å²) < 4.78 is 16.4. The van der Waals surface area contributed by atoms with E-state index in [0.717, 1.165) is 17.7 Å². The van der Waals surface area contributed by atoms with Gasteiger partial charge in [-0.15, -0.1) is 0 Å². The van der Waals surface area contributed by atoms with Gasteiger partial charge in [0.05, 0.1) is 12.2 Å². The van der Waals surface area contributed by atoms with Crippen LogP contribution in [0, 0.1) is 11.8 Å². The molecule has 0 atom stereocenters. The molecule has 1 aromatic rings. The first-order valence-electron chi connectivity index (χ1n) is 7.03. The summed E-state index contributed by atoms with van der Waals surface area (Å²) in [7, 11) is 1.70. The molecule has 0 fully saturated rings. The van der Waals surface area contributed by atoms with Crippen LogP contribution in [0.1, 0.15) is 25.8 Å². The van der Waals surface area contributed by atoms with Gasteiger partial charge in [0.15, 0.2) is 0 Å². The molecular weight excluding hydrogens is 268 g/mol. The summed E-state index contributed by atoms with van der Waals surface area (Å²) >= 11 is 0. The minimum atomic E-state index is -0.152. The predicted molar refractivity (Wildman–Crippen MR) is 82.4 cm³/mol. The maximum absolute atomic E-state index is 8.67. The summed E-state index contributed by atoms with van der Waals surface area (Å²) in [5.41, 5.74) is 0.671. The molecule has 21 heavy (non-hydrogen) atoms. The second kappa shape index (κ2) is 9.41. The van der Waals surface area contributed by atoms with Gasteiger partial charge in [-0.25, -0.2) is 0 Å². The normalized spacial score (nSPS) is 10.9. The molecule has 4 nitrogen and oxygen atoms in total. The molecule has 0 bridgehead atoms. The van der Waals surface area contributed by atoms with E-state index in [9.17, 15) is 0 Å². The fraction of sp³-hybridized carbons (Fsp3) is 0.529. The van der Waals surface area contributed by atoms with Crippen LogP contribution in [0.4, 0.5) is 0 Å². The first-order chi connectivity index (χ1) is 10.1. The first-order valence-corrected chi connectivity index (χ1v) is 7.03. The van der Waals surface area contributed by atoms with Gasteiger partial charge in [-0.05, 0) is 38.5 Å². The Hall–Kier alpha value is -1.54. The molecule has 0 aromatic heterocycles. The van der Waals surface area contributed by atoms with E-state index in [1.807, 2.05) is 38.1 Å². The number of hydrogen-bond donors (Lipinski definition) is 1. The van der Waals surface area contributed by atoms with Crippen molar-refractivity contribution in [2.45, 2.75) is 25.9 Å². The highest BCUT2D eigenvalue weighted by Gasteiger charge is 2.15. The van der Waals surface area contributed by atoms with Crippen LogP contribution in [-0.2, 0) is 9.47 Å². The van der Waals surface area contributed by atoms with Gasteiger partial charge in [0, 0.05) is 19.3 Å². The third-order valence-electron chi connectivity index (χ3n) is 3.04. The SMILES string of the molecule is COC(C)(C)CCOCCOc1cccc(C#CCO)c1. The van der Waals surface area contributed by atoms with E-state index in [1.54, 1.807) is 7.11 Å². The van der Waals surface area contributed by atoms with Crippen LogP contribution >= 0.6 is 0 Å². The average molecular weight is 292 g/mol. The molecule has 0 amide bonds.